The minimum absolute atomic E-state index is 0.109. The van der Waals surface area contributed by atoms with Crippen LogP contribution in [0.25, 0.3) is 6.20 Å². The van der Waals surface area contributed by atoms with Crippen molar-refractivity contribution in [2.24, 2.45) is 4.99 Å². The molecular formula is C24H25N3. The number of benzene rings is 2. The van der Waals surface area contributed by atoms with E-state index in [1.165, 1.54) is 5.56 Å². The molecular weight excluding hydrogens is 330 g/mol. The van der Waals surface area contributed by atoms with E-state index < -0.39 is 0 Å². The third-order valence-corrected chi connectivity index (χ3v) is 5.34. The number of pyridine rings is 1. The van der Waals surface area contributed by atoms with Crippen molar-refractivity contribution in [2.45, 2.75) is 39.3 Å². The summed E-state index contributed by atoms with van der Waals surface area (Å²) in [4.78, 5) is 11.8. The second kappa shape index (κ2) is 7.36. The summed E-state index contributed by atoms with van der Waals surface area (Å²) in [7, 11) is 0. The van der Waals surface area contributed by atoms with E-state index in [0.29, 0.717) is 5.92 Å². The maximum Gasteiger partial charge on any atom is 0.153 e. The molecule has 4 rings (SSSR count). The Hall–Kier alpha value is -2.94. The largest absolute Gasteiger partial charge is 0.321 e. The number of rotatable bonds is 4. The Morgan fingerprint density at radius 1 is 1.00 bits per heavy atom. The Labute approximate surface area is 160 Å². The van der Waals surface area contributed by atoms with Gasteiger partial charge in [-0.15, -0.1) is 0 Å². The molecule has 0 radical (unpaired) electrons. The summed E-state index contributed by atoms with van der Waals surface area (Å²) < 4.78 is 0. The number of nitrogens with zero attached hydrogens (tertiary/aromatic N) is 3. The fourth-order valence-electron chi connectivity index (χ4n) is 3.42. The molecule has 0 saturated carbocycles. The first-order valence-electron chi connectivity index (χ1n) is 9.61. The highest BCUT2D eigenvalue weighted by Gasteiger charge is 2.21. The maximum absolute atomic E-state index is 5.03. The Morgan fingerprint density at radius 2 is 1.78 bits per heavy atom. The van der Waals surface area contributed by atoms with Crippen LogP contribution in [0.15, 0.2) is 71.9 Å². The van der Waals surface area contributed by atoms with Crippen LogP contribution in [0, 0.1) is 6.92 Å². The van der Waals surface area contributed by atoms with Crippen LogP contribution in [0.4, 0.5) is 5.69 Å². The quantitative estimate of drug-likeness (QED) is 0.690. The van der Waals surface area contributed by atoms with Crippen LogP contribution in [0.3, 0.4) is 0 Å². The summed E-state index contributed by atoms with van der Waals surface area (Å²) >= 11 is 0. The summed E-state index contributed by atoms with van der Waals surface area (Å²) in [6, 6.07) is 21.3. The van der Waals surface area contributed by atoms with Gasteiger partial charge in [0.25, 0.3) is 0 Å². The molecule has 0 saturated heterocycles. The molecule has 3 nitrogen and oxygen atoms in total. The van der Waals surface area contributed by atoms with E-state index in [9.17, 15) is 0 Å². The summed E-state index contributed by atoms with van der Waals surface area (Å²) in [5.41, 5.74) is 4.63. The van der Waals surface area contributed by atoms with Crippen LogP contribution < -0.4 is 15.5 Å². The topological polar surface area (TPSA) is 28.5 Å². The molecule has 0 amide bonds. The minimum Gasteiger partial charge on any atom is -0.321 e. The molecule has 0 bridgehead atoms. The van der Waals surface area contributed by atoms with Crippen molar-refractivity contribution in [1.82, 2.24) is 4.98 Å². The van der Waals surface area contributed by atoms with E-state index in [0.717, 1.165) is 33.9 Å². The van der Waals surface area contributed by atoms with Gasteiger partial charge in [0.05, 0.1) is 5.36 Å². The fraction of sp³-hybridized carbons (Fsp3) is 0.250. The first kappa shape index (κ1) is 17.5. The predicted octanol–water partition coefficient (Wildman–Crippen LogP) is 4.48. The van der Waals surface area contributed by atoms with Gasteiger partial charge in [0.1, 0.15) is 0 Å². The molecule has 0 aliphatic carbocycles. The average molecular weight is 355 g/mol. The molecule has 136 valence electrons. The number of hydrogen-bond donors (Lipinski definition) is 0. The molecule has 27 heavy (non-hydrogen) atoms. The molecule has 0 spiro atoms. The van der Waals surface area contributed by atoms with Gasteiger partial charge in [-0.3, -0.25) is 9.98 Å². The van der Waals surface area contributed by atoms with Crippen molar-refractivity contribution in [1.29, 1.82) is 0 Å². The first-order chi connectivity index (χ1) is 13.2. The van der Waals surface area contributed by atoms with Gasteiger partial charge >= 0.3 is 0 Å². The van der Waals surface area contributed by atoms with E-state index in [1.54, 1.807) is 0 Å². The van der Waals surface area contributed by atoms with Crippen LogP contribution in [-0.4, -0.2) is 4.98 Å². The highest BCUT2D eigenvalue weighted by atomic mass is 15.2. The molecule has 2 aromatic carbocycles. The maximum atomic E-state index is 5.03. The van der Waals surface area contributed by atoms with Crippen LogP contribution in [0.2, 0.25) is 0 Å². The van der Waals surface area contributed by atoms with Gasteiger partial charge in [-0.2, -0.15) is 0 Å². The SMILES string of the molecule is CCC(C)c1ccc(N2C=c3ccccc3=NC2c2ccc(C)nc2)cc1. The zero-order valence-corrected chi connectivity index (χ0v) is 16.1. The Balaban J connectivity index is 1.80. The lowest BCUT2D eigenvalue weighted by atomic mass is 9.98. The normalized spacial score (nSPS) is 16.9. The summed E-state index contributed by atoms with van der Waals surface area (Å²) in [5.74, 6) is 0.576. The zero-order chi connectivity index (χ0) is 18.8. The molecule has 2 unspecified atom stereocenters. The number of hydrogen-bond acceptors (Lipinski definition) is 3. The lowest BCUT2D eigenvalue weighted by Gasteiger charge is -2.30. The third-order valence-electron chi connectivity index (χ3n) is 5.34. The van der Waals surface area contributed by atoms with Gasteiger partial charge in [0.2, 0.25) is 0 Å². The highest BCUT2D eigenvalue weighted by molar-refractivity contribution is 5.62. The van der Waals surface area contributed by atoms with Gasteiger partial charge < -0.3 is 4.90 Å². The summed E-state index contributed by atoms with van der Waals surface area (Å²) in [6.45, 7) is 6.51. The Bertz CT molecular complexity index is 1040. The molecule has 0 fully saturated rings. The number of aromatic nitrogens is 1. The van der Waals surface area contributed by atoms with Crippen LogP contribution in [0.1, 0.15) is 49.2 Å². The van der Waals surface area contributed by atoms with Gasteiger partial charge in [0, 0.05) is 34.6 Å². The van der Waals surface area contributed by atoms with Crippen molar-refractivity contribution in [2.75, 3.05) is 4.90 Å². The second-order valence-electron chi connectivity index (χ2n) is 7.23. The monoisotopic (exact) mass is 355 g/mol. The predicted molar refractivity (Wildman–Crippen MR) is 111 cm³/mol. The third kappa shape index (κ3) is 3.50. The first-order valence-corrected chi connectivity index (χ1v) is 9.61. The lowest BCUT2D eigenvalue weighted by molar-refractivity contribution is 0.707. The molecule has 2 atom stereocenters. The Kier molecular flexibility index (Phi) is 4.76. The standard InChI is InChI=1S/C24H25N3/c1-4-17(2)19-11-13-22(14-12-19)27-16-21-7-5-6-8-23(21)26-24(27)20-10-9-18(3)25-15-20/h5-17,24H,4H2,1-3H3. The zero-order valence-electron chi connectivity index (χ0n) is 16.1. The van der Waals surface area contributed by atoms with Crippen molar-refractivity contribution < 1.29 is 0 Å². The van der Waals surface area contributed by atoms with Gasteiger partial charge in [-0.25, -0.2) is 0 Å². The van der Waals surface area contributed by atoms with Gasteiger partial charge in [-0.1, -0.05) is 50.2 Å². The van der Waals surface area contributed by atoms with Crippen molar-refractivity contribution >= 4 is 11.9 Å². The van der Waals surface area contributed by atoms with E-state index >= 15 is 0 Å². The highest BCUT2D eigenvalue weighted by Crippen LogP contribution is 2.31. The van der Waals surface area contributed by atoms with E-state index in [-0.39, 0.29) is 6.17 Å². The van der Waals surface area contributed by atoms with Gasteiger partial charge in [0.15, 0.2) is 6.17 Å². The van der Waals surface area contributed by atoms with Crippen LogP contribution in [-0.2, 0) is 0 Å². The molecule has 0 N–H and O–H groups in total. The van der Waals surface area contributed by atoms with E-state index in [1.807, 2.05) is 19.2 Å². The number of aryl methyl sites for hydroxylation is 1. The Morgan fingerprint density at radius 3 is 2.48 bits per heavy atom. The fourth-order valence-corrected chi connectivity index (χ4v) is 3.42. The van der Waals surface area contributed by atoms with E-state index in [2.05, 4.69) is 84.5 Å². The van der Waals surface area contributed by atoms with Crippen molar-refractivity contribution in [3.05, 3.63) is 94.3 Å². The number of para-hydroxylation sites is 1. The smallest absolute Gasteiger partial charge is 0.153 e. The van der Waals surface area contributed by atoms with Crippen LogP contribution in [0.5, 0.6) is 0 Å². The molecule has 3 heteroatoms. The number of anilines is 1. The van der Waals surface area contributed by atoms with Crippen molar-refractivity contribution in [3.8, 4) is 0 Å². The van der Waals surface area contributed by atoms with Crippen molar-refractivity contribution in [3.63, 3.8) is 0 Å². The molecule has 3 aromatic rings. The van der Waals surface area contributed by atoms with E-state index in [4.69, 9.17) is 4.99 Å². The lowest BCUT2D eigenvalue weighted by Crippen LogP contribution is -2.37. The summed E-state index contributed by atoms with van der Waals surface area (Å²) in [5, 5.41) is 2.16. The van der Waals surface area contributed by atoms with Crippen LogP contribution >= 0.6 is 0 Å². The minimum atomic E-state index is -0.109. The molecule has 1 aliphatic heterocycles. The average Bonchev–Trinajstić information content (AvgIpc) is 2.73. The molecule has 2 heterocycles. The van der Waals surface area contributed by atoms with Gasteiger partial charge in [-0.05, 0) is 49.1 Å². The second-order valence-corrected chi connectivity index (χ2v) is 7.23. The molecule has 1 aromatic heterocycles. The summed E-state index contributed by atoms with van der Waals surface area (Å²) in [6.07, 6.45) is 5.18. The molecule has 1 aliphatic rings. The number of fused-ring (bicyclic) bond motifs is 1.